The van der Waals surface area contributed by atoms with Crippen LogP contribution in [0.5, 0.6) is 0 Å². The lowest BCUT2D eigenvalue weighted by Crippen LogP contribution is -2.36. The van der Waals surface area contributed by atoms with Crippen LogP contribution < -0.4 is 5.73 Å². The van der Waals surface area contributed by atoms with Gasteiger partial charge in [0.2, 0.25) is 0 Å². The molecule has 0 spiro atoms. The fourth-order valence-corrected chi connectivity index (χ4v) is 3.52. The number of hydrogen-bond acceptors (Lipinski definition) is 1. The average molecular weight is 266 g/mol. The third kappa shape index (κ3) is 2.89. The van der Waals surface area contributed by atoms with Crippen molar-refractivity contribution in [1.82, 2.24) is 0 Å². The predicted octanol–water partition coefficient (Wildman–Crippen LogP) is 4.73. The second-order valence-corrected chi connectivity index (χ2v) is 6.48. The summed E-state index contributed by atoms with van der Waals surface area (Å²) >= 11 is 6.32. The van der Waals surface area contributed by atoms with Gasteiger partial charge in [0.15, 0.2) is 0 Å². The highest BCUT2D eigenvalue weighted by Gasteiger charge is 2.33. The van der Waals surface area contributed by atoms with E-state index in [1.165, 1.54) is 19.3 Å². The predicted molar refractivity (Wildman–Crippen MR) is 78.7 cm³/mol. The van der Waals surface area contributed by atoms with Crippen LogP contribution in [0.15, 0.2) is 24.3 Å². The minimum absolute atomic E-state index is 0.220. The first-order valence-corrected chi connectivity index (χ1v) is 7.44. The maximum atomic E-state index is 6.66. The van der Waals surface area contributed by atoms with Crippen LogP contribution in [-0.2, 0) is 5.54 Å². The second kappa shape index (κ2) is 5.63. The molecular formula is C16H24ClN. The zero-order valence-electron chi connectivity index (χ0n) is 11.5. The van der Waals surface area contributed by atoms with Gasteiger partial charge in [0, 0.05) is 10.6 Å². The van der Waals surface area contributed by atoms with Crippen molar-refractivity contribution in [3.63, 3.8) is 0 Å². The zero-order chi connectivity index (χ0) is 13.2. The molecule has 1 nitrogen and oxygen atoms in total. The van der Waals surface area contributed by atoms with Gasteiger partial charge in [-0.3, -0.25) is 0 Å². The van der Waals surface area contributed by atoms with Gasteiger partial charge in [-0.1, -0.05) is 56.5 Å². The SMILES string of the molecule is CC(C)C1CCCC(N)(c2ccccc2Cl)CC1. The summed E-state index contributed by atoms with van der Waals surface area (Å²) in [6.07, 6.45) is 5.85. The molecular weight excluding hydrogens is 242 g/mol. The molecule has 2 atom stereocenters. The first-order valence-electron chi connectivity index (χ1n) is 7.07. The lowest BCUT2D eigenvalue weighted by Gasteiger charge is -2.30. The van der Waals surface area contributed by atoms with Crippen molar-refractivity contribution in [3.05, 3.63) is 34.9 Å². The monoisotopic (exact) mass is 265 g/mol. The van der Waals surface area contributed by atoms with E-state index < -0.39 is 0 Å². The maximum Gasteiger partial charge on any atom is 0.0456 e. The Balaban J connectivity index is 2.19. The molecule has 0 heterocycles. The lowest BCUT2D eigenvalue weighted by atomic mass is 9.82. The van der Waals surface area contributed by atoms with Crippen molar-refractivity contribution in [1.29, 1.82) is 0 Å². The highest BCUT2D eigenvalue weighted by Crippen LogP contribution is 2.40. The Morgan fingerprint density at radius 1 is 1.22 bits per heavy atom. The molecule has 1 aliphatic rings. The molecule has 1 aromatic rings. The molecule has 2 heteroatoms. The maximum absolute atomic E-state index is 6.66. The van der Waals surface area contributed by atoms with Gasteiger partial charge in [-0.15, -0.1) is 0 Å². The molecule has 1 fully saturated rings. The third-order valence-corrected chi connectivity index (χ3v) is 4.84. The Morgan fingerprint density at radius 2 is 1.94 bits per heavy atom. The molecule has 0 radical (unpaired) electrons. The smallest absolute Gasteiger partial charge is 0.0456 e. The van der Waals surface area contributed by atoms with Gasteiger partial charge in [-0.2, -0.15) is 0 Å². The average Bonchev–Trinajstić information content (AvgIpc) is 2.52. The van der Waals surface area contributed by atoms with Crippen LogP contribution in [0, 0.1) is 11.8 Å². The van der Waals surface area contributed by atoms with Crippen molar-refractivity contribution in [2.45, 2.75) is 51.5 Å². The molecule has 0 aliphatic heterocycles. The van der Waals surface area contributed by atoms with Crippen LogP contribution in [0.4, 0.5) is 0 Å². The van der Waals surface area contributed by atoms with Crippen LogP contribution in [0.25, 0.3) is 0 Å². The highest BCUT2D eigenvalue weighted by molar-refractivity contribution is 6.31. The van der Waals surface area contributed by atoms with Gasteiger partial charge in [-0.05, 0) is 42.7 Å². The number of nitrogens with two attached hydrogens (primary N) is 1. The molecule has 2 rings (SSSR count). The van der Waals surface area contributed by atoms with E-state index in [1.54, 1.807) is 0 Å². The first kappa shape index (κ1) is 13.9. The first-order chi connectivity index (χ1) is 8.53. The van der Waals surface area contributed by atoms with Crippen LogP contribution in [-0.4, -0.2) is 0 Å². The van der Waals surface area contributed by atoms with Crippen LogP contribution in [0.2, 0.25) is 5.02 Å². The summed E-state index contributed by atoms with van der Waals surface area (Å²) in [5.41, 5.74) is 7.57. The minimum atomic E-state index is -0.220. The summed E-state index contributed by atoms with van der Waals surface area (Å²) in [6, 6.07) is 8.07. The molecule has 0 amide bonds. The molecule has 1 saturated carbocycles. The number of hydrogen-bond donors (Lipinski definition) is 1. The number of halogens is 1. The third-order valence-electron chi connectivity index (χ3n) is 4.51. The highest BCUT2D eigenvalue weighted by atomic mass is 35.5. The Bertz CT molecular complexity index is 402. The minimum Gasteiger partial charge on any atom is -0.321 e. The molecule has 1 aromatic carbocycles. The van der Waals surface area contributed by atoms with Crippen LogP contribution in [0.1, 0.15) is 51.5 Å². The van der Waals surface area contributed by atoms with Crippen LogP contribution in [0.3, 0.4) is 0 Å². The Hall–Kier alpha value is -0.530. The molecule has 100 valence electrons. The molecule has 0 bridgehead atoms. The van der Waals surface area contributed by atoms with E-state index in [1.807, 2.05) is 18.2 Å². The summed E-state index contributed by atoms with van der Waals surface area (Å²) in [5, 5.41) is 0.822. The van der Waals surface area contributed by atoms with Crippen molar-refractivity contribution in [2.24, 2.45) is 17.6 Å². The van der Waals surface area contributed by atoms with E-state index in [0.717, 1.165) is 35.3 Å². The standard InChI is InChI=1S/C16H24ClN/c1-12(2)13-6-5-10-16(18,11-9-13)14-7-3-4-8-15(14)17/h3-4,7-8,12-13H,5-6,9-11,18H2,1-2H3. The molecule has 2 unspecified atom stereocenters. The van der Waals surface area contributed by atoms with E-state index >= 15 is 0 Å². The summed E-state index contributed by atoms with van der Waals surface area (Å²) in [4.78, 5) is 0. The van der Waals surface area contributed by atoms with Gasteiger partial charge >= 0.3 is 0 Å². The van der Waals surface area contributed by atoms with Crippen molar-refractivity contribution >= 4 is 11.6 Å². The fourth-order valence-electron chi connectivity index (χ4n) is 3.19. The van der Waals surface area contributed by atoms with E-state index in [-0.39, 0.29) is 5.54 Å². The van der Waals surface area contributed by atoms with Crippen molar-refractivity contribution in [3.8, 4) is 0 Å². The molecule has 0 saturated heterocycles. The van der Waals surface area contributed by atoms with Crippen LogP contribution >= 0.6 is 11.6 Å². The number of benzene rings is 1. The van der Waals surface area contributed by atoms with Gasteiger partial charge < -0.3 is 5.73 Å². The second-order valence-electron chi connectivity index (χ2n) is 6.07. The summed E-state index contributed by atoms with van der Waals surface area (Å²) in [7, 11) is 0. The summed E-state index contributed by atoms with van der Waals surface area (Å²) in [5.74, 6) is 1.58. The van der Waals surface area contributed by atoms with E-state index in [2.05, 4.69) is 19.9 Å². The molecule has 2 N–H and O–H groups in total. The van der Waals surface area contributed by atoms with Crippen molar-refractivity contribution < 1.29 is 0 Å². The Morgan fingerprint density at radius 3 is 2.61 bits per heavy atom. The molecule has 1 aliphatic carbocycles. The number of rotatable bonds is 2. The van der Waals surface area contributed by atoms with Crippen molar-refractivity contribution in [2.75, 3.05) is 0 Å². The Kier molecular flexibility index (Phi) is 4.34. The molecule has 0 aromatic heterocycles. The van der Waals surface area contributed by atoms with Gasteiger partial charge in [0.05, 0.1) is 0 Å². The quantitative estimate of drug-likeness (QED) is 0.769. The summed E-state index contributed by atoms with van der Waals surface area (Å²) in [6.45, 7) is 4.65. The zero-order valence-corrected chi connectivity index (χ0v) is 12.2. The normalized spacial score (nSPS) is 29.3. The molecule has 18 heavy (non-hydrogen) atoms. The van der Waals surface area contributed by atoms with Gasteiger partial charge in [0.25, 0.3) is 0 Å². The topological polar surface area (TPSA) is 26.0 Å². The fraction of sp³-hybridized carbons (Fsp3) is 0.625. The van der Waals surface area contributed by atoms with E-state index in [0.29, 0.717) is 0 Å². The van der Waals surface area contributed by atoms with E-state index in [4.69, 9.17) is 17.3 Å². The van der Waals surface area contributed by atoms with Gasteiger partial charge in [0.1, 0.15) is 0 Å². The largest absolute Gasteiger partial charge is 0.321 e. The Labute approximate surface area is 116 Å². The van der Waals surface area contributed by atoms with Gasteiger partial charge in [-0.25, -0.2) is 0 Å². The lowest BCUT2D eigenvalue weighted by molar-refractivity contribution is 0.325. The van der Waals surface area contributed by atoms with E-state index in [9.17, 15) is 0 Å². The summed E-state index contributed by atoms with van der Waals surface area (Å²) < 4.78 is 0.